The zero-order valence-electron chi connectivity index (χ0n) is 8.20. The molecule has 0 saturated heterocycles. The highest BCUT2D eigenvalue weighted by atomic mass is 16.3. The topological polar surface area (TPSA) is 75.5 Å². The van der Waals surface area contributed by atoms with Crippen molar-refractivity contribution in [2.45, 2.75) is 39.3 Å². The normalized spacial score (nSPS) is 13.8. The van der Waals surface area contributed by atoms with Crippen LogP contribution in [0.15, 0.2) is 11.9 Å². The molecule has 5 N–H and O–H groups in total. The molecule has 0 aromatic heterocycles. The minimum Gasteiger partial charge on any atom is -0.398 e. The molecule has 0 aliphatic rings. The molecule has 0 heterocycles. The highest BCUT2D eigenvalue weighted by molar-refractivity contribution is 5.08. The van der Waals surface area contributed by atoms with E-state index in [1.807, 2.05) is 13.8 Å². The number of hydrogen-bond donors (Lipinski definition) is 3. The van der Waals surface area contributed by atoms with E-state index >= 15 is 0 Å². The Balaban J connectivity index is 4.36. The van der Waals surface area contributed by atoms with Crippen molar-refractivity contribution >= 4 is 0 Å². The van der Waals surface area contributed by atoms with E-state index in [1.165, 1.54) is 5.01 Å². The highest BCUT2D eigenvalue weighted by Crippen LogP contribution is 2.09. The number of rotatable bonds is 3. The summed E-state index contributed by atoms with van der Waals surface area (Å²) >= 11 is 0. The lowest BCUT2D eigenvalue weighted by atomic mass is 10.1. The Hall–Kier alpha value is -0.740. The summed E-state index contributed by atoms with van der Waals surface area (Å²) in [4.78, 5) is 0. The fraction of sp³-hybridized carbons (Fsp3) is 0.750. The molecule has 0 rings (SSSR count). The van der Waals surface area contributed by atoms with Gasteiger partial charge in [-0.2, -0.15) is 0 Å². The van der Waals surface area contributed by atoms with E-state index < -0.39 is 5.60 Å². The average molecular weight is 173 g/mol. The molecular formula is C8H19N3O. The van der Waals surface area contributed by atoms with Gasteiger partial charge in [0.1, 0.15) is 0 Å². The van der Waals surface area contributed by atoms with Crippen molar-refractivity contribution in [1.29, 1.82) is 0 Å². The maximum absolute atomic E-state index is 9.44. The molecular weight excluding hydrogens is 154 g/mol. The Labute approximate surface area is 73.8 Å². The van der Waals surface area contributed by atoms with Crippen LogP contribution in [0.1, 0.15) is 27.7 Å². The van der Waals surface area contributed by atoms with Gasteiger partial charge in [-0.1, -0.05) is 0 Å². The summed E-state index contributed by atoms with van der Waals surface area (Å²) in [6, 6.07) is 0.172. The summed E-state index contributed by atoms with van der Waals surface area (Å²) in [6.07, 6.45) is 1.55. The first-order valence-corrected chi connectivity index (χ1v) is 3.98. The standard InChI is InChI=1S/C8H19N3O/c1-6(2)11(10)5-7(9)8(3,4)12/h5-6,12H,9-10H2,1-4H3/b7-5-. The van der Waals surface area contributed by atoms with Crippen molar-refractivity contribution in [3.63, 3.8) is 0 Å². The Kier molecular flexibility index (Phi) is 3.55. The summed E-state index contributed by atoms with van der Waals surface area (Å²) in [5, 5.41) is 10.9. The zero-order valence-corrected chi connectivity index (χ0v) is 8.20. The highest BCUT2D eigenvalue weighted by Gasteiger charge is 2.16. The van der Waals surface area contributed by atoms with Crippen LogP contribution in [-0.2, 0) is 0 Å². The van der Waals surface area contributed by atoms with Crippen LogP contribution < -0.4 is 11.6 Å². The largest absolute Gasteiger partial charge is 0.398 e. The fourth-order valence-electron chi connectivity index (χ4n) is 0.468. The van der Waals surface area contributed by atoms with Gasteiger partial charge in [0.25, 0.3) is 0 Å². The summed E-state index contributed by atoms with van der Waals surface area (Å²) in [7, 11) is 0. The minimum atomic E-state index is -1.01. The zero-order chi connectivity index (χ0) is 9.94. The van der Waals surface area contributed by atoms with E-state index in [4.69, 9.17) is 11.6 Å². The Morgan fingerprint density at radius 1 is 1.50 bits per heavy atom. The smallest absolute Gasteiger partial charge is 0.0997 e. The van der Waals surface area contributed by atoms with Crippen LogP contribution in [0.2, 0.25) is 0 Å². The van der Waals surface area contributed by atoms with Crippen LogP contribution in [0, 0.1) is 0 Å². The fourth-order valence-corrected chi connectivity index (χ4v) is 0.468. The molecule has 12 heavy (non-hydrogen) atoms. The minimum absolute atomic E-state index is 0.172. The van der Waals surface area contributed by atoms with Gasteiger partial charge < -0.3 is 15.8 Å². The molecule has 0 amide bonds. The molecule has 0 saturated carbocycles. The van der Waals surface area contributed by atoms with Crippen LogP contribution in [0.4, 0.5) is 0 Å². The van der Waals surface area contributed by atoms with Crippen molar-refractivity contribution in [3.8, 4) is 0 Å². The molecule has 4 nitrogen and oxygen atoms in total. The molecule has 0 atom stereocenters. The first-order valence-electron chi connectivity index (χ1n) is 3.98. The van der Waals surface area contributed by atoms with Crippen LogP contribution in [0.3, 0.4) is 0 Å². The van der Waals surface area contributed by atoms with Gasteiger partial charge in [-0.25, -0.2) is 5.84 Å². The SMILES string of the molecule is CC(C)N(N)/C=C(\N)C(C)(C)O. The van der Waals surface area contributed by atoms with E-state index in [0.29, 0.717) is 5.70 Å². The lowest BCUT2D eigenvalue weighted by Crippen LogP contribution is -2.37. The Bertz CT molecular complexity index is 170. The lowest BCUT2D eigenvalue weighted by Gasteiger charge is -2.23. The second-order valence-electron chi connectivity index (χ2n) is 3.68. The summed E-state index contributed by atoms with van der Waals surface area (Å²) in [6.45, 7) is 7.11. The monoisotopic (exact) mass is 173 g/mol. The summed E-state index contributed by atoms with van der Waals surface area (Å²) in [5.41, 5.74) is 4.93. The van der Waals surface area contributed by atoms with Crippen molar-refractivity contribution in [2.75, 3.05) is 0 Å². The van der Waals surface area contributed by atoms with Gasteiger partial charge in [0.05, 0.1) is 11.3 Å². The van der Waals surface area contributed by atoms with Crippen molar-refractivity contribution < 1.29 is 5.11 Å². The van der Waals surface area contributed by atoms with Gasteiger partial charge >= 0.3 is 0 Å². The van der Waals surface area contributed by atoms with Gasteiger partial charge in [0.2, 0.25) is 0 Å². The summed E-state index contributed by atoms with van der Waals surface area (Å²) in [5.74, 6) is 5.58. The Morgan fingerprint density at radius 3 is 2.17 bits per heavy atom. The molecule has 0 aromatic rings. The predicted molar refractivity (Wildman–Crippen MR) is 49.7 cm³/mol. The van der Waals surface area contributed by atoms with Gasteiger partial charge in [-0.05, 0) is 27.7 Å². The molecule has 0 aliphatic heterocycles. The lowest BCUT2D eigenvalue weighted by molar-refractivity contribution is 0.114. The van der Waals surface area contributed by atoms with Crippen LogP contribution >= 0.6 is 0 Å². The number of nitrogens with two attached hydrogens (primary N) is 2. The number of hydrogen-bond acceptors (Lipinski definition) is 4. The van der Waals surface area contributed by atoms with E-state index in [0.717, 1.165) is 0 Å². The maximum Gasteiger partial charge on any atom is 0.0997 e. The molecule has 0 aromatic carbocycles. The van der Waals surface area contributed by atoms with Gasteiger partial charge in [0.15, 0.2) is 0 Å². The quantitative estimate of drug-likeness (QED) is 0.419. The molecule has 0 fully saturated rings. The Morgan fingerprint density at radius 2 is 1.92 bits per heavy atom. The number of aliphatic hydroxyl groups is 1. The van der Waals surface area contributed by atoms with E-state index in [9.17, 15) is 5.11 Å². The molecule has 0 unspecified atom stereocenters. The van der Waals surface area contributed by atoms with E-state index in [2.05, 4.69) is 0 Å². The molecule has 0 radical (unpaired) electrons. The van der Waals surface area contributed by atoms with Crippen LogP contribution in [0.5, 0.6) is 0 Å². The van der Waals surface area contributed by atoms with Crippen molar-refractivity contribution in [1.82, 2.24) is 5.01 Å². The second kappa shape index (κ2) is 3.78. The number of nitrogens with zero attached hydrogens (tertiary/aromatic N) is 1. The first-order chi connectivity index (χ1) is 5.25. The van der Waals surface area contributed by atoms with Gasteiger partial charge in [-0.3, -0.25) is 0 Å². The van der Waals surface area contributed by atoms with Gasteiger partial charge in [-0.15, -0.1) is 0 Å². The molecule has 0 bridgehead atoms. The third-order valence-corrected chi connectivity index (χ3v) is 1.59. The predicted octanol–water partition coefficient (Wildman–Crippen LogP) is 0.142. The van der Waals surface area contributed by atoms with Crippen LogP contribution in [0.25, 0.3) is 0 Å². The number of hydrazine groups is 1. The summed E-state index contributed by atoms with van der Waals surface area (Å²) < 4.78 is 0. The van der Waals surface area contributed by atoms with Crippen LogP contribution in [-0.4, -0.2) is 21.8 Å². The second-order valence-corrected chi connectivity index (χ2v) is 3.68. The van der Waals surface area contributed by atoms with Crippen molar-refractivity contribution in [2.24, 2.45) is 11.6 Å². The van der Waals surface area contributed by atoms with Gasteiger partial charge in [0, 0.05) is 12.2 Å². The van der Waals surface area contributed by atoms with Crippen molar-refractivity contribution in [3.05, 3.63) is 11.9 Å². The average Bonchev–Trinajstić information content (AvgIpc) is 1.85. The molecule has 4 heteroatoms. The van der Waals surface area contributed by atoms with E-state index in [-0.39, 0.29) is 6.04 Å². The molecule has 72 valence electrons. The maximum atomic E-state index is 9.44. The third-order valence-electron chi connectivity index (χ3n) is 1.59. The molecule has 0 spiro atoms. The third kappa shape index (κ3) is 3.59. The van der Waals surface area contributed by atoms with E-state index in [1.54, 1.807) is 20.0 Å². The first kappa shape index (κ1) is 11.3. The molecule has 0 aliphatic carbocycles.